The molecule has 10 heavy (non-hydrogen) atoms. The van der Waals surface area contributed by atoms with Crippen LogP contribution in [0.5, 0.6) is 0 Å². The summed E-state index contributed by atoms with van der Waals surface area (Å²) < 4.78 is 0. The highest BCUT2D eigenvalue weighted by molar-refractivity contribution is 6.77. The van der Waals surface area contributed by atoms with Crippen LogP contribution in [-0.4, -0.2) is 18.9 Å². The van der Waals surface area contributed by atoms with Gasteiger partial charge < -0.3 is 5.11 Å². The molecule has 0 aliphatic heterocycles. The molecule has 0 heterocycles. The zero-order valence-corrected chi connectivity index (χ0v) is 8.22. The SMILES string of the molecule is C=CCCC(O)[Si](C)(C)C. The maximum atomic E-state index is 9.53. The van der Waals surface area contributed by atoms with E-state index in [-0.39, 0.29) is 5.73 Å². The number of aliphatic hydroxyl groups is 1. The zero-order chi connectivity index (χ0) is 8.20. The highest BCUT2D eigenvalue weighted by atomic mass is 28.3. The molecule has 0 rings (SSSR count). The number of rotatable bonds is 4. The first-order valence-electron chi connectivity index (χ1n) is 3.77. The maximum Gasteiger partial charge on any atom is 0.0781 e. The van der Waals surface area contributed by atoms with E-state index in [1.165, 1.54) is 0 Å². The topological polar surface area (TPSA) is 20.2 Å². The molecule has 60 valence electrons. The lowest BCUT2D eigenvalue weighted by Crippen LogP contribution is -2.37. The molecule has 1 atom stereocenters. The normalized spacial score (nSPS) is 14.8. The minimum atomic E-state index is -1.29. The minimum absolute atomic E-state index is 0.0644. The third kappa shape index (κ3) is 3.85. The lowest BCUT2D eigenvalue weighted by molar-refractivity contribution is 0.234. The van der Waals surface area contributed by atoms with Crippen LogP contribution in [0.2, 0.25) is 19.6 Å². The first-order chi connectivity index (χ1) is 4.48. The minimum Gasteiger partial charge on any atom is -0.397 e. The lowest BCUT2D eigenvalue weighted by atomic mass is 10.3. The quantitative estimate of drug-likeness (QED) is 0.491. The number of allylic oxidation sites excluding steroid dienone is 1. The van der Waals surface area contributed by atoms with Gasteiger partial charge >= 0.3 is 0 Å². The van der Waals surface area contributed by atoms with Crippen molar-refractivity contribution in [3.63, 3.8) is 0 Å². The monoisotopic (exact) mass is 158 g/mol. The molecule has 1 nitrogen and oxygen atoms in total. The predicted molar refractivity (Wildman–Crippen MR) is 48.8 cm³/mol. The molecule has 2 heteroatoms. The molecule has 0 aromatic carbocycles. The molecule has 0 fully saturated rings. The first-order valence-corrected chi connectivity index (χ1v) is 7.35. The van der Waals surface area contributed by atoms with Crippen molar-refractivity contribution in [1.29, 1.82) is 0 Å². The molecule has 0 amide bonds. The van der Waals surface area contributed by atoms with Gasteiger partial charge in [-0.3, -0.25) is 0 Å². The summed E-state index contributed by atoms with van der Waals surface area (Å²) in [6.45, 7) is 10.2. The molecule has 0 saturated heterocycles. The van der Waals surface area contributed by atoms with Crippen molar-refractivity contribution in [2.75, 3.05) is 0 Å². The van der Waals surface area contributed by atoms with Gasteiger partial charge in [-0.1, -0.05) is 25.7 Å². The summed E-state index contributed by atoms with van der Waals surface area (Å²) in [4.78, 5) is 0. The van der Waals surface area contributed by atoms with E-state index >= 15 is 0 Å². The number of hydrogen-bond acceptors (Lipinski definition) is 1. The van der Waals surface area contributed by atoms with Gasteiger partial charge in [0.15, 0.2) is 0 Å². The Morgan fingerprint density at radius 2 is 2.00 bits per heavy atom. The Morgan fingerprint density at radius 3 is 2.30 bits per heavy atom. The second-order valence-corrected chi connectivity index (χ2v) is 9.15. The molecule has 0 saturated carbocycles. The van der Waals surface area contributed by atoms with Crippen LogP contribution in [-0.2, 0) is 0 Å². The van der Waals surface area contributed by atoms with Gasteiger partial charge in [-0.15, -0.1) is 6.58 Å². The zero-order valence-electron chi connectivity index (χ0n) is 7.22. The predicted octanol–water partition coefficient (Wildman–Crippen LogP) is 2.19. The van der Waals surface area contributed by atoms with Crippen LogP contribution in [0.4, 0.5) is 0 Å². The fourth-order valence-corrected chi connectivity index (χ4v) is 1.74. The molecule has 1 N–H and O–H groups in total. The van der Waals surface area contributed by atoms with Gasteiger partial charge in [-0.05, 0) is 12.8 Å². The van der Waals surface area contributed by atoms with Crippen LogP contribution >= 0.6 is 0 Å². The molecular weight excluding hydrogens is 140 g/mol. The summed E-state index contributed by atoms with van der Waals surface area (Å²) in [6, 6.07) is 0. The highest BCUT2D eigenvalue weighted by Gasteiger charge is 2.23. The van der Waals surface area contributed by atoms with Crippen molar-refractivity contribution in [3.05, 3.63) is 12.7 Å². The fourth-order valence-electron chi connectivity index (χ4n) is 0.709. The Kier molecular flexibility index (Phi) is 3.90. The summed E-state index contributed by atoms with van der Waals surface area (Å²) in [6.07, 6.45) is 3.69. The van der Waals surface area contributed by atoms with Gasteiger partial charge in [0, 0.05) is 5.73 Å². The second kappa shape index (κ2) is 3.94. The maximum absolute atomic E-state index is 9.53. The Morgan fingerprint density at radius 1 is 1.50 bits per heavy atom. The second-order valence-electron chi connectivity index (χ2n) is 3.75. The van der Waals surface area contributed by atoms with Gasteiger partial charge in [0.05, 0.1) is 8.07 Å². The van der Waals surface area contributed by atoms with Crippen LogP contribution in [0.25, 0.3) is 0 Å². The molecule has 0 aromatic rings. The summed E-state index contributed by atoms with van der Waals surface area (Å²) in [7, 11) is -1.29. The Balaban J connectivity index is 3.61. The fraction of sp³-hybridized carbons (Fsp3) is 0.750. The van der Waals surface area contributed by atoms with Crippen molar-refractivity contribution in [2.24, 2.45) is 0 Å². The lowest BCUT2D eigenvalue weighted by Gasteiger charge is -2.22. The van der Waals surface area contributed by atoms with Crippen molar-refractivity contribution < 1.29 is 5.11 Å². The van der Waals surface area contributed by atoms with Gasteiger partial charge in [0.25, 0.3) is 0 Å². The summed E-state index contributed by atoms with van der Waals surface area (Å²) in [5.41, 5.74) is -0.0644. The molecule has 0 aromatic heterocycles. The van der Waals surface area contributed by atoms with E-state index in [0.29, 0.717) is 0 Å². The van der Waals surface area contributed by atoms with Crippen LogP contribution in [0, 0.1) is 0 Å². The van der Waals surface area contributed by atoms with Crippen molar-refractivity contribution in [2.45, 2.75) is 38.2 Å². The molecule has 0 aliphatic carbocycles. The first kappa shape index (κ1) is 9.92. The third-order valence-electron chi connectivity index (χ3n) is 1.64. The van der Waals surface area contributed by atoms with E-state index in [1.807, 2.05) is 6.08 Å². The van der Waals surface area contributed by atoms with Crippen LogP contribution in [0.15, 0.2) is 12.7 Å². The van der Waals surface area contributed by atoms with E-state index in [9.17, 15) is 5.11 Å². The van der Waals surface area contributed by atoms with E-state index in [1.54, 1.807) is 0 Å². The molecular formula is C8H18OSi. The Labute approximate surface area is 64.8 Å². The third-order valence-corrected chi connectivity index (χ3v) is 3.93. The molecule has 0 radical (unpaired) electrons. The van der Waals surface area contributed by atoms with E-state index in [2.05, 4.69) is 26.2 Å². The van der Waals surface area contributed by atoms with Crippen molar-refractivity contribution in [3.8, 4) is 0 Å². The van der Waals surface area contributed by atoms with Crippen LogP contribution < -0.4 is 0 Å². The van der Waals surface area contributed by atoms with Crippen LogP contribution in [0.3, 0.4) is 0 Å². The van der Waals surface area contributed by atoms with E-state index < -0.39 is 8.07 Å². The highest BCUT2D eigenvalue weighted by Crippen LogP contribution is 2.12. The summed E-state index contributed by atoms with van der Waals surface area (Å²) >= 11 is 0. The average molecular weight is 158 g/mol. The Bertz CT molecular complexity index is 104. The van der Waals surface area contributed by atoms with Gasteiger partial charge in [-0.2, -0.15) is 0 Å². The van der Waals surface area contributed by atoms with Gasteiger partial charge in [0.2, 0.25) is 0 Å². The largest absolute Gasteiger partial charge is 0.397 e. The number of hydrogen-bond donors (Lipinski definition) is 1. The summed E-state index contributed by atoms with van der Waals surface area (Å²) in [5, 5.41) is 9.53. The van der Waals surface area contributed by atoms with Crippen molar-refractivity contribution >= 4 is 8.07 Å². The standard InChI is InChI=1S/C8H18OSi/c1-5-6-7-8(9)10(2,3)4/h5,8-9H,1,6-7H2,2-4H3. The van der Waals surface area contributed by atoms with E-state index in [4.69, 9.17) is 0 Å². The van der Waals surface area contributed by atoms with Gasteiger partial charge in [0.1, 0.15) is 0 Å². The molecule has 1 unspecified atom stereocenters. The molecule has 0 aliphatic rings. The molecule has 0 bridgehead atoms. The van der Waals surface area contributed by atoms with Gasteiger partial charge in [-0.25, -0.2) is 0 Å². The number of aliphatic hydroxyl groups excluding tert-OH is 1. The van der Waals surface area contributed by atoms with Crippen LogP contribution in [0.1, 0.15) is 12.8 Å². The summed E-state index contributed by atoms with van der Waals surface area (Å²) in [5.74, 6) is 0. The van der Waals surface area contributed by atoms with Crippen molar-refractivity contribution in [1.82, 2.24) is 0 Å². The molecule has 0 spiro atoms. The Hall–Kier alpha value is -0.0831. The average Bonchev–Trinajstić information content (AvgIpc) is 1.80. The van der Waals surface area contributed by atoms with E-state index in [0.717, 1.165) is 12.8 Å². The smallest absolute Gasteiger partial charge is 0.0781 e.